The van der Waals surface area contributed by atoms with Gasteiger partial charge in [0.1, 0.15) is 5.60 Å². The number of nitrogens with two attached hydrogens (primary N) is 1. The number of hydrogen-bond acceptors (Lipinski definition) is 4. The average molecular weight is 305 g/mol. The Hall–Kier alpha value is -1.78. The summed E-state index contributed by atoms with van der Waals surface area (Å²) in [6, 6.07) is 1.97. The normalized spacial score (nSPS) is 19.6. The number of carbonyl (C=O) groups excluding carboxylic acids is 1. The molecule has 0 aliphatic carbocycles. The maximum Gasteiger partial charge on any atom is 0.410 e. The molecule has 1 atom stereocenters. The third kappa shape index (κ3) is 4.36. The van der Waals surface area contributed by atoms with E-state index in [1.165, 1.54) is 0 Å². The van der Waals surface area contributed by atoms with Crippen LogP contribution in [0.15, 0.2) is 12.3 Å². The molecule has 2 heterocycles. The second-order valence-corrected chi connectivity index (χ2v) is 7.07. The molecule has 1 amide bonds. The number of amides is 1. The molecule has 5 heteroatoms. The Bertz CT molecular complexity index is 537. The van der Waals surface area contributed by atoms with Crippen molar-refractivity contribution >= 4 is 11.8 Å². The first kappa shape index (κ1) is 16.6. The molecule has 0 spiro atoms. The van der Waals surface area contributed by atoms with Crippen molar-refractivity contribution in [3.05, 3.63) is 23.5 Å². The number of likely N-dealkylation sites (tertiary alicyclic amines) is 1. The van der Waals surface area contributed by atoms with Crippen molar-refractivity contribution in [2.24, 2.45) is 0 Å². The standard InChI is InChI=1S/C17H27N3O2/c1-12-10-14(18)11-19-15(12)13-6-5-8-20(9-7-13)16(21)22-17(2,3)4/h10-11,13H,5-9,18H2,1-4H3. The number of aryl methyl sites for hydroxylation is 1. The Morgan fingerprint density at radius 3 is 2.73 bits per heavy atom. The third-order valence-corrected chi connectivity index (χ3v) is 3.91. The highest BCUT2D eigenvalue weighted by Gasteiger charge is 2.26. The van der Waals surface area contributed by atoms with Crippen LogP contribution in [0.25, 0.3) is 0 Å². The minimum atomic E-state index is -0.447. The van der Waals surface area contributed by atoms with E-state index in [1.807, 2.05) is 31.7 Å². The molecule has 1 aromatic heterocycles. The van der Waals surface area contributed by atoms with Gasteiger partial charge in [0.2, 0.25) is 0 Å². The zero-order chi connectivity index (χ0) is 16.3. The van der Waals surface area contributed by atoms with Crippen LogP contribution in [-0.2, 0) is 4.74 Å². The molecule has 0 saturated carbocycles. The fourth-order valence-corrected chi connectivity index (χ4v) is 2.91. The molecule has 1 aromatic rings. The van der Waals surface area contributed by atoms with Crippen molar-refractivity contribution in [2.75, 3.05) is 18.8 Å². The van der Waals surface area contributed by atoms with E-state index in [0.29, 0.717) is 18.2 Å². The molecule has 1 unspecified atom stereocenters. The van der Waals surface area contributed by atoms with Gasteiger partial charge < -0.3 is 15.4 Å². The van der Waals surface area contributed by atoms with E-state index in [0.717, 1.165) is 37.1 Å². The molecule has 0 bridgehead atoms. The van der Waals surface area contributed by atoms with Crippen LogP contribution in [0.2, 0.25) is 0 Å². The Morgan fingerprint density at radius 2 is 2.09 bits per heavy atom. The summed E-state index contributed by atoms with van der Waals surface area (Å²) in [7, 11) is 0. The van der Waals surface area contributed by atoms with Gasteiger partial charge in [-0.05, 0) is 58.6 Å². The van der Waals surface area contributed by atoms with Crippen LogP contribution in [0.4, 0.5) is 10.5 Å². The molecule has 5 nitrogen and oxygen atoms in total. The lowest BCUT2D eigenvalue weighted by Crippen LogP contribution is -2.37. The summed E-state index contributed by atoms with van der Waals surface area (Å²) < 4.78 is 5.47. The van der Waals surface area contributed by atoms with Gasteiger partial charge in [0.25, 0.3) is 0 Å². The summed E-state index contributed by atoms with van der Waals surface area (Å²) in [5, 5.41) is 0. The van der Waals surface area contributed by atoms with Crippen molar-refractivity contribution < 1.29 is 9.53 Å². The lowest BCUT2D eigenvalue weighted by molar-refractivity contribution is 0.0256. The summed E-state index contributed by atoms with van der Waals surface area (Å²) in [6.07, 6.45) is 4.43. The van der Waals surface area contributed by atoms with E-state index in [9.17, 15) is 4.79 Å². The number of pyridine rings is 1. The SMILES string of the molecule is Cc1cc(N)cnc1C1CCCN(C(=O)OC(C)(C)C)CC1. The van der Waals surface area contributed by atoms with Crippen LogP contribution in [0.3, 0.4) is 0 Å². The van der Waals surface area contributed by atoms with E-state index >= 15 is 0 Å². The first-order valence-electron chi connectivity index (χ1n) is 7.96. The zero-order valence-corrected chi connectivity index (χ0v) is 14.1. The van der Waals surface area contributed by atoms with Crippen molar-refractivity contribution in [2.45, 2.75) is 58.5 Å². The van der Waals surface area contributed by atoms with Gasteiger partial charge in [0.15, 0.2) is 0 Å². The second-order valence-electron chi connectivity index (χ2n) is 7.07. The smallest absolute Gasteiger partial charge is 0.410 e. The van der Waals surface area contributed by atoms with Gasteiger partial charge in [-0.15, -0.1) is 0 Å². The molecule has 2 N–H and O–H groups in total. The predicted octanol–water partition coefficient (Wildman–Crippen LogP) is 3.48. The molecular weight excluding hydrogens is 278 g/mol. The minimum Gasteiger partial charge on any atom is -0.444 e. The summed E-state index contributed by atoms with van der Waals surface area (Å²) in [6.45, 7) is 9.20. The van der Waals surface area contributed by atoms with Gasteiger partial charge in [-0.25, -0.2) is 4.79 Å². The molecule has 22 heavy (non-hydrogen) atoms. The lowest BCUT2D eigenvalue weighted by Gasteiger charge is -2.26. The van der Waals surface area contributed by atoms with Crippen molar-refractivity contribution in [1.29, 1.82) is 0 Å². The summed E-state index contributed by atoms with van der Waals surface area (Å²) in [5.41, 5.74) is 8.28. The number of anilines is 1. The first-order valence-corrected chi connectivity index (χ1v) is 7.96. The molecule has 0 radical (unpaired) electrons. The number of rotatable bonds is 1. The fourth-order valence-electron chi connectivity index (χ4n) is 2.91. The largest absolute Gasteiger partial charge is 0.444 e. The Kier molecular flexibility index (Phi) is 4.94. The molecule has 1 aliphatic heterocycles. The van der Waals surface area contributed by atoms with Crippen molar-refractivity contribution in [3.8, 4) is 0 Å². The van der Waals surface area contributed by atoms with Gasteiger partial charge >= 0.3 is 6.09 Å². The predicted molar refractivity (Wildman–Crippen MR) is 87.8 cm³/mol. The Morgan fingerprint density at radius 1 is 1.36 bits per heavy atom. The second kappa shape index (κ2) is 6.55. The van der Waals surface area contributed by atoms with Crippen LogP contribution < -0.4 is 5.73 Å². The van der Waals surface area contributed by atoms with E-state index < -0.39 is 5.60 Å². The van der Waals surface area contributed by atoms with Gasteiger partial charge in [-0.2, -0.15) is 0 Å². The molecule has 1 fully saturated rings. The maximum atomic E-state index is 12.2. The van der Waals surface area contributed by atoms with Crippen molar-refractivity contribution in [3.63, 3.8) is 0 Å². The van der Waals surface area contributed by atoms with Crippen LogP contribution in [0.1, 0.15) is 57.2 Å². The zero-order valence-electron chi connectivity index (χ0n) is 14.1. The van der Waals surface area contributed by atoms with Crippen LogP contribution in [0, 0.1) is 6.92 Å². The summed E-state index contributed by atoms with van der Waals surface area (Å²) >= 11 is 0. The molecule has 2 rings (SSSR count). The van der Waals surface area contributed by atoms with Crippen LogP contribution in [-0.4, -0.2) is 34.7 Å². The third-order valence-electron chi connectivity index (χ3n) is 3.91. The number of hydrogen-bond donors (Lipinski definition) is 1. The van der Waals surface area contributed by atoms with Crippen molar-refractivity contribution in [1.82, 2.24) is 9.88 Å². The highest BCUT2D eigenvalue weighted by Crippen LogP contribution is 2.29. The van der Waals surface area contributed by atoms with E-state index in [1.54, 1.807) is 6.20 Å². The molecular formula is C17H27N3O2. The summed E-state index contributed by atoms with van der Waals surface area (Å²) in [4.78, 5) is 18.5. The van der Waals surface area contributed by atoms with E-state index in [4.69, 9.17) is 10.5 Å². The Balaban J connectivity index is 2.02. The number of nitrogen functional groups attached to an aromatic ring is 1. The Labute approximate surface area is 132 Å². The van der Waals surface area contributed by atoms with Crippen LogP contribution in [0.5, 0.6) is 0 Å². The highest BCUT2D eigenvalue weighted by molar-refractivity contribution is 5.68. The molecule has 0 aromatic carbocycles. The first-order chi connectivity index (χ1) is 10.3. The lowest BCUT2D eigenvalue weighted by atomic mass is 9.93. The van der Waals surface area contributed by atoms with E-state index in [-0.39, 0.29) is 6.09 Å². The van der Waals surface area contributed by atoms with Gasteiger partial charge in [-0.3, -0.25) is 4.98 Å². The van der Waals surface area contributed by atoms with Gasteiger partial charge in [0.05, 0.1) is 11.9 Å². The minimum absolute atomic E-state index is 0.213. The molecule has 122 valence electrons. The number of ether oxygens (including phenoxy) is 1. The van der Waals surface area contributed by atoms with Crippen LogP contribution >= 0.6 is 0 Å². The fraction of sp³-hybridized carbons (Fsp3) is 0.647. The summed E-state index contributed by atoms with van der Waals surface area (Å²) in [5.74, 6) is 0.382. The molecule has 1 aliphatic rings. The van der Waals surface area contributed by atoms with Gasteiger partial charge in [-0.1, -0.05) is 0 Å². The van der Waals surface area contributed by atoms with E-state index in [2.05, 4.69) is 11.9 Å². The maximum absolute atomic E-state index is 12.2. The van der Waals surface area contributed by atoms with Gasteiger partial charge in [0, 0.05) is 24.7 Å². The monoisotopic (exact) mass is 305 g/mol. The number of nitrogens with zero attached hydrogens (tertiary/aromatic N) is 2. The molecule has 1 saturated heterocycles. The topological polar surface area (TPSA) is 68.5 Å². The number of carbonyl (C=O) groups is 1. The quantitative estimate of drug-likeness (QED) is 0.862. The number of aromatic nitrogens is 1. The highest BCUT2D eigenvalue weighted by atomic mass is 16.6. The average Bonchev–Trinajstić information content (AvgIpc) is 2.62.